The third-order valence-corrected chi connectivity index (χ3v) is 3.16. The number of fused-ring (bicyclic) bond motifs is 3. The van der Waals surface area contributed by atoms with Crippen LogP contribution in [0.5, 0.6) is 0 Å². The van der Waals surface area contributed by atoms with Crippen molar-refractivity contribution in [3.05, 3.63) is 20.4 Å². The van der Waals surface area contributed by atoms with Gasteiger partial charge in [-0.25, -0.2) is 0 Å². The molecule has 0 N–H and O–H groups in total. The minimum Gasteiger partial charge on any atom is -0.347 e. The maximum absolute atomic E-state index is 11.5. The summed E-state index contributed by atoms with van der Waals surface area (Å²) in [4.78, 5) is 23.1. The van der Waals surface area contributed by atoms with Crippen LogP contribution in [-0.2, 0) is 4.74 Å². The fraction of sp³-hybridized carbons (Fsp3) is 0.556. The largest absolute Gasteiger partial charge is 0.347 e. The zero-order chi connectivity index (χ0) is 11.4. The third-order valence-electron chi connectivity index (χ3n) is 3.16. The topological polar surface area (TPSA) is 56.3 Å². The van der Waals surface area contributed by atoms with Gasteiger partial charge in [0, 0.05) is 14.1 Å². The molecule has 0 saturated carbocycles. The molecule has 2 atom stereocenters. The van der Waals surface area contributed by atoms with Crippen molar-refractivity contribution in [3.63, 3.8) is 0 Å². The third kappa shape index (κ3) is 1.02. The summed E-state index contributed by atoms with van der Waals surface area (Å²) in [6, 6.07) is 0. The van der Waals surface area contributed by atoms with E-state index in [9.17, 15) is 9.59 Å². The van der Waals surface area contributed by atoms with Gasteiger partial charge in [-0.15, -0.1) is 0 Å². The highest BCUT2D eigenvalue weighted by Crippen LogP contribution is 2.29. The van der Waals surface area contributed by atoms with Crippen molar-refractivity contribution in [2.75, 3.05) is 44.2 Å². The summed E-state index contributed by atoms with van der Waals surface area (Å²) in [5, 5.41) is 7.14. The first-order valence-electron chi connectivity index (χ1n) is 4.99. The van der Waals surface area contributed by atoms with E-state index < -0.39 is 10.9 Å². The normalized spacial score (nSPS) is 29.1. The summed E-state index contributed by atoms with van der Waals surface area (Å²) in [6.45, 7) is 1.47. The van der Waals surface area contributed by atoms with Gasteiger partial charge in [0.1, 0.15) is 24.8 Å². The van der Waals surface area contributed by atoms with Gasteiger partial charge < -0.3 is 4.74 Å². The zero-order valence-electron chi connectivity index (χ0n) is 9.13. The number of anilines is 2. The van der Waals surface area contributed by atoms with Gasteiger partial charge in [-0.3, -0.25) is 19.6 Å². The number of hydrogen-bond donors (Lipinski definition) is 0. The highest BCUT2D eigenvalue weighted by atomic mass is 16.5. The van der Waals surface area contributed by atoms with E-state index in [2.05, 4.69) is 0 Å². The van der Waals surface area contributed by atoms with Gasteiger partial charge in [-0.2, -0.15) is 10.0 Å². The molecule has 0 amide bonds. The Balaban J connectivity index is 2.15. The minimum atomic E-state index is -0.418. The van der Waals surface area contributed by atoms with Crippen molar-refractivity contribution < 1.29 is 4.74 Å². The molecule has 1 aromatic carbocycles. The molecule has 0 aromatic heterocycles. The number of hydrazine groups is 2. The highest BCUT2D eigenvalue weighted by molar-refractivity contribution is 5.75. The van der Waals surface area contributed by atoms with Gasteiger partial charge in [0.2, 0.25) is 0 Å². The standard InChI is InChI=1S/C9H12N4O3/c1-10-6-7(9(15)8(6)14)11(2)13-3-12(10)4-16-5-13/h3-5H2,1-2H3. The minimum absolute atomic E-state index is 0.418. The second-order valence-electron chi connectivity index (χ2n) is 4.02. The lowest BCUT2D eigenvalue weighted by atomic mass is 10.2. The number of nitrogens with zero attached hydrogens (tertiary/aromatic N) is 4. The monoisotopic (exact) mass is 224 g/mol. The lowest BCUT2D eigenvalue weighted by Gasteiger charge is -2.38. The molecule has 2 heterocycles. The first kappa shape index (κ1) is 9.76. The van der Waals surface area contributed by atoms with Gasteiger partial charge in [-0.1, -0.05) is 0 Å². The van der Waals surface area contributed by atoms with Gasteiger partial charge >= 0.3 is 0 Å². The van der Waals surface area contributed by atoms with Crippen LogP contribution in [0.15, 0.2) is 9.59 Å². The molecule has 0 aliphatic carbocycles. The molecule has 16 heavy (non-hydrogen) atoms. The smallest absolute Gasteiger partial charge is 0.254 e. The second kappa shape index (κ2) is 3.03. The first-order valence-corrected chi connectivity index (χ1v) is 4.99. The summed E-state index contributed by atoms with van der Waals surface area (Å²) in [5.41, 5.74) is 0.0807. The van der Waals surface area contributed by atoms with Gasteiger partial charge in [0.15, 0.2) is 0 Å². The highest BCUT2D eigenvalue weighted by Gasteiger charge is 2.37. The summed E-state index contributed by atoms with van der Waals surface area (Å²) in [7, 11) is 3.54. The summed E-state index contributed by atoms with van der Waals surface area (Å²) < 4.78 is 5.37. The van der Waals surface area contributed by atoms with Gasteiger partial charge in [0.25, 0.3) is 10.9 Å². The molecule has 1 fully saturated rings. The van der Waals surface area contributed by atoms with Crippen LogP contribution in [0.2, 0.25) is 0 Å². The van der Waals surface area contributed by atoms with E-state index in [0.29, 0.717) is 31.5 Å². The van der Waals surface area contributed by atoms with Crippen LogP contribution in [0.4, 0.5) is 11.4 Å². The van der Waals surface area contributed by atoms with Crippen molar-refractivity contribution in [1.29, 1.82) is 0 Å². The predicted octanol–water partition coefficient (Wildman–Crippen LogP) is -1.49. The van der Waals surface area contributed by atoms with E-state index in [0.717, 1.165) is 0 Å². The molecule has 7 nitrogen and oxygen atoms in total. The van der Waals surface area contributed by atoms with E-state index >= 15 is 0 Å². The molecular weight excluding hydrogens is 212 g/mol. The molecule has 2 unspecified atom stereocenters. The second-order valence-corrected chi connectivity index (χ2v) is 4.02. The Bertz CT molecular complexity index is 463. The van der Waals surface area contributed by atoms with E-state index in [1.807, 2.05) is 10.0 Å². The van der Waals surface area contributed by atoms with Crippen molar-refractivity contribution in [2.24, 2.45) is 0 Å². The molecule has 3 rings (SSSR count). The Morgan fingerprint density at radius 1 is 0.938 bits per heavy atom. The van der Waals surface area contributed by atoms with E-state index in [-0.39, 0.29) is 0 Å². The van der Waals surface area contributed by atoms with Crippen LogP contribution < -0.4 is 20.9 Å². The molecule has 2 bridgehead atoms. The van der Waals surface area contributed by atoms with Crippen molar-refractivity contribution in [3.8, 4) is 0 Å². The molecule has 1 saturated heterocycles. The average molecular weight is 224 g/mol. The molecule has 7 heteroatoms. The maximum Gasteiger partial charge on any atom is 0.254 e. The maximum atomic E-state index is 11.5. The van der Waals surface area contributed by atoms with Crippen LogP contribution in [-0.4, -0.2) is 44.2 Å². The molecule has 0 spiro atoms. The van der Waals surface area contributed by atoms with Gasteiger partial charge in [-0.05, 0) is 0 Å². The SMILES string of the molecule is CN1c2c(c(=O)c2=O)N(C)N2COCN1C2. The van der Waals surface area contributed by atoms with E-state index in [4.69, 9.17) is 4.74 Å². The molecule has 0 radical (unpaired) electrons. The summed E-state index contributed by atoms with van der Waals surface area (Å²) in [5.74, 6) is 0. The lowest BCUT2D eigenvalue weighted by molar-refractivity contribution is -0.113. The van der Waals surface area contributed by atoms with Crippen molar-refractivity contribution >= 4 is 11.4 Å². The fourth-order valence-corrected chi connectivity index (χ4v) is 2.14. The van der Waals surface area contributed by atoms with Crippen LogP contribution in [0.3, 0.4) is 0 Å². The Hall–Kier alpha value is -1.44. The summed E-state index contributed by atoms with van der Waals surface area (Å²) in [6.07, 6.45) is 0. The van der Waals surface area contributed by atoms with E-state index in [1.165, 1.54) is 0 Å². The van der Waals surface area contributed by atoms with Crippen LogP contribution in [0.25, 0.3) is 0 Å². The van der Waals surface area contributed by atoms with Crippen LogP contribution in [0, 0.1) is 0 Å². The fourth-order valence-electron chi connectivity index (χ4n) is 2.14. The molecule has 86 valence electrons. The quantitative estimate of drug-likeness (QED) is 0.497. The first-order chi connectivity index (χ1) is 7.61. The van der Waals surface area contributed by atoms with Crippen molar-refractivity contribution in [1.82, 2.24) is 10.0 Å². The van der Waals surface area contributed by atoms with E-state index in [1.54, 1.807) is 24.1 Å². The number of rotatable bonds is 0. The molecule has 1 aromatic rings. The Labute approximate surface area is 91.6 Å². The Kier molecular flexibility index (Phi) is 1.85. The molecule has 2 aliphatic rings. The van der Waals surface area contributed by atoms with Crippen LogP contribution >= 0.6 is 0 Å². The molecule has 2 aliphatic heterocycles. The Morgan fingerprint density at radius 3 is 1.81 bits per heavy atom. The molecular formula is C9H12N4O3. The number of hydrogen-bond acceptors (Lipinski definition) is 7. The van der Waals surface area contributed by atoms with Gasteiger partial charge in [0.05, 0.1) is 6.67 Å². The van der Waals surface area contributed by atoms with Crippen molar-refractivity contribution in [2.45, 2.75) is 0 Å². The lowest BCUT2D eigenvalue weighted by Crippen LogP contribution is -2.54. The Morgan fingerprint density at radius 2 is 1.38 bits per heavy atom. The number of ether oxygens (including phenoxy) is 1. The zero-order valence-corrected chi connectivity index (χ0v) is 9.13. The average Bonchev–Trinajstić information content (AvgIpc) is 2.38. The summed E-state index contributed by atoms with van der Waals surface area (Å²) >= 11 is 0. The van der Waals surface area contributed by atoms with Crippen LogP contribution in [0.1, 0.15) is 0 Å². The predicted molar refractivity (Wildman–Crippen MR) is 57.5 cm³/mol.